The van der Waals surface area contributed by atoms with E-state index in [-0.39, 0.29) is 6.23 Å². The monoisotopic (exact) mass is 213 g/mol. The van der Waals surface area contributed by atoms with Crippen LogP contribution in [-0.4, -0.2) is 29.3 Å². The standard InChI is InChI=1S/C13H27NO/c1-5-13(15)14(4)12-9-7-6-8-11(12)10(2)3/h10-13,15H,5-9H2,1-4H3. The Labute approximate surface area is 94.7 Å². The number of hydrogen-bond donors (Lipinski definition) is 1. The molecule has 15 heavy (non-hydrogen) atoms. The van der Waals surface area contributed by atoms with Crippen LogP contribution in [0.5, 0.6) is 0 Å². The molecule has 2 nitrogen and oxygen atoms in total. The lowest BCUT2D eigenvalue weighted by atomic mass is 9.77. The molecule has 1 saturated carbocycles. The van der Waals surface area contributed by atoms with Gasteiger partial charge in [-0.25, -0.2) is 0 Å². The normalized spacial score (nSPS) is 29.8. The highest BCUT2D eigenvalue weighted by Gasteiger charge is 2.32. The molecule has 0 radical (unpaired) electrons. The Morgan fingerprint density at radius 3 is 2.40 bits per heavy atom. The van der Waals surface area contributed by atoms with Crippen molar-refractivity contribution in [1.29, 1.82) is 0 Å². The van der Waals surface area contributed by atoms with Gasteiger partial charge in [0.25, 0.3) is 0 Å². The van der Waals surface area contributed by atoms with Crippen LogP contribution in [0.4, 0.5) is 0 Å². The molecule has 1 rings (SSSR count). The van der Waals surface area contributed by atoms with Crippen molar-refractivity contribution < 1.29 is 5.11 Å². The molecular formula is C13H27NO. The highest BCUT2D eigenvalue weighted by molar-refractivity contribution is 4.84. The molecule has 0 aromatic carbocycles. The fourth-order valence-electron chi connectivity index (χ4n) is 2.93. The summed E-state index contributed by atoms with van der Waals surface area (Å²) in [7, 11) is 2.08. The van der Waals surface area contributed by atoms with Crippen LogP contribution < -0.4 is 0 Å². The lowest BCUT2D eigenvalue weighted by Gasteiger charge is -2.42. The van der Waals surface area contributed by atoms with Crippen LogP contribution in [0, 0.1) is 11.8 Å². The molecular weight excluding hydrogens is 186 g/mol. The largest absolute Gasteiger partial charge is 0.378 e. The molecule has 0 amide bonds. The first-order valence-corrected chi connectivity index (χ1v) is 6.48. The van der Waals surface area contributed by atoms with E-state index >= 15 is 0 Å². The molecule has 1 fully saturated rings. The molecule has 90 valence electrons. The molecule has 0 heterocycles. The predicted octanol–water partition coefficient (Wildman–Crippen LogP) is 2.86. The van der Waals surface area contributed by atoms with Crippen molar-refractivity contribution in [1.82, 2.24) is 4.90 Å². The molecule has 0 aliphatic heterocycles. The minimum Gasteiger partial charge on any atom is -0.378 e. The van der Waals surface area contributed by atoms with Gasteiger partial charge < -0.3 is 5.11 Å². The molecule has 1 aliphatic carbocycles. The Morgan fingerprint density at radius 1 is 1.27 bits per heavy atom. The fraction of sp³-hybridized carbons (Fsp3) is 1.00. The first-order chi connectivity index (χ1) is 7.07. The molecule has 0 saturated heterocycles. The number of hydrogen-bond acceptors (Lipinski definition) is 2. The Hall–Kier alpha value is -0.0800. The van der Waals surface area contributed by atoms with Crippen LogP contribution in [0.15, 0.2) is 0 Å². The Balaban J connectivity index is 2.62. The highest BCUT2D eigenvalue weighted by Crippen LogP contribution is 2.33. The van der Waals surface area contributed by atoms with Crippen LogP contribution in [0.25, 0.3) is 0 Å². The number of nitrogens with zero attached hydrogens (tertiary/aromatic N) is 1. The topological polar surface area (TPSA) is 23.5 Å². The average Bonchev–Trinajstić information content (AvgIpc) is 2.27. The summed E-state index contributed by atoms with van der Waals surface area (Å²) in [6.45, 7) is 6.68. The summed E-state index contributed by atoms with van der Waals surface area (Å²) < 4.78 is 0. The van der Waals surface area contributed by atoms with Gasteiger partial charge in [-0.1, -0.05) is 33.6 Å². The maximum atomic E-state index is 9.90. The number of aliphatic hydroxyl groups excluding tert-OH is 1. The third-order valence-corrected chi connectivity index (χ3v) is 4.00. The maximum absolute atomic E-state index is 9.90. The molecule has 3 unspecified atom stereocenters. The zero-order chi connectivity index (χ0) is 11.4. The Bertz CT molecular complexity index is 181. The molecule has 0 aromatic rings. The second kappa shape index (κ2) is 5.86. The summed E-state index contributed by atoms with van der Waals surface area (Å²) in [6.07, 6.45) is 5.87. The van der Waals surface area contributed by atoms with E-state index in [1.807, 2.05) is 6.92 Å². The van der Waals surface area contributed by atoms with E-state index in [0.717, 1.165) is 18.3 Å². The number of aliphatic hydroxyl groups is 1. The first kappa shape index (κ1) is 13.0. The smallest absolute Gasteiger partial charge is 0.107 e. The van der Waals surface area contributed by atoms with Gasteiger partial charge in [0, 0.05) is 6.04 Å². The van der Waals surface area contributed by atoms with E-state index in [4.69, 9.17) is 0 Å². The van der Waals surface area contributed by atoms with Gasteiger partial charge in [-0.3, -0.25) is 4.90 Å². The second-order valence-electron chi connectivity index (χ2n) is 5.31. The van der Waals surface area contributed by atoms with Crippen LogP contribution in [-0.2, 0) is 0 Å². The number of rotatable bonds is 4. The third-order valence-electron chi connectivity index (χ3n) is 4.00. The van der Waals surface area contributed by atoms with Gasteiger partial charge >= 0.3 is 0 Å². The van der Waals surface area contributed by atoms with Crippen molar-refractivity contribution >= 4 is 0 Å². The Morgan fingerprint density at radius 2 is 1.87 bits per heavy atom. The second-order valence-corrected chi connectivity index (χ2v) is 5.31. The Kier molecular flexibility index (Phi) is 5.07. The predicted molar refractivity (Wildman–Crippen MR) is 64.6 cm³/mol. The van der Waals surface area contributed by atoms with E-state index in [1.54, 1.807) is 0 Å². The summed E-state index contributed by atoms with van der Waals surface area (Å²) in [5.41, 5.74) is 0. The lowest BCUT2D eigenvalue weighted by molar-refractivity contribution is -0.0421. The van der Waals surface area contributed by atoms with Crippen LogP contribution in [0.1, 0.15) is 52.9 Å². The van der Waals surface area contributed by atoms with Gasteiger partial charge in [-0.15, -0.1) is 0 Å². The summed E-state index contributed by atoms with van der Waals surface area (Å²) in [5.74, 6) is 1.51. The van der Waals surface area contributed by atoms with Crippen molar-refractivity contribution in [3.63, 3.8) is 0 Å². The molecule has 0 spiro atoms. The average molecular weight is 213 g/mol. The fourth-order valence-corrected chi connectivity index (χ4v) is 2.93. The summed E-state index contributed by atoms with van der Waals surface area (Å²) >= 11 is 0. The van der Waals surface area contributed by atoms with Gasteiger partial charge in [0.15, 0.2) is 0 Å². The van der Waals surface area contributed by atoms with E-state index in [2.05, 4.69) is 25.8 Å². The van der Waals surface area contributed by atoms with Crippen molar-refractivity contribution in [2.75, 3.05) is 7.05 Å². The molecule has 1 N–H and O–H groups in total. The van der Waals surface area contributed by atoms with Gasteiger partial charge in [-0.05, 0) is 38.1 Å². The van der Waals surface area contributed by atoms with Gasteiger partial charge in [0.05, 0.1) is 0 Å². The molecule has 1 aliphatic rings. The van der Waals surface area contributed by atoms with Crippen molar-refractivity contribution in [3.8, 4) is 0 Å². The van der Waals surface area contributed by atoms with Crippen LogP contribution in [0.2, 0.25) is 0 Å². The summed E-state index contributed by atoms with van der Waals surface area (Å²) in [4.78, 5) is 2.20. The van der Waals surface area contributed by atoms with Crippen molar-refractivity contribution in [2.24, 2.45) is 11.8 Å². The molecule has 0 aromatic heterocycles. The van der Waals surface area contributed by atoms with E-state index < -0.39 is 0 Å². The summed E-state index contributed by atoms with van der Waals surface area (Å²) in [5, 5.41) is 9.90. The summed E-state index contributed by atoms with van der Waals surface area (Å²) in [6, 6.07) is 0.591. The molecule has 0 bridgehead atoms. The first-order valence-electron chi connectivity index (χ1n) is 6.48. The van der Waals surface area contributed by atoms with Crippen LogP contribution >= 0.6 is 0 Å². The SMILES string of the molecule is CCC(O)N(C)C1CCCCC1C(C)C. The third kappa shape index (κ3) is 3.18. The zero-order valence-electron chi connectivity index (χ0n) is 10.7. The van der Waals surface area contributed by atoms with Crippen molar-refractivity contribution in [2.45, 2.75) is 65.1 Å². The van der Waals surface area contributed by atoms with E-state index in [0.29, 0.717) is 6.04 Å². The van der Waals surface area contributed by atoms with Crippen molar-refractivity contribution in [3.05, 3.63) is 0 Å². The van der Waals surface area contributed by atoms with Gasteiger partial charge in [-0.2, -0.15) is 0 Å². The zero-order valence-corrected chi connectivity index (χ0v) is 10.7. The molecule has 2 heteroatoms. The lowest BCUT2D eigenvalue weighted by Crippen LogP contribution is -2.47. The highest BCUT2D eigenvalue weighted by atomic mass is 16.3. The quantitative estimate of drug-likeness (QED) is 0.726. The van der Waals surface area contributed by atoms with E-state index in [1.165, 1.54) is 25.7 Å². The maximum Gasteiger partial charge on any atom is 0.107 e. The van der Waals surface area contributed by atoms with Gasteiger partial charge in [0.1, 0.15) is 6.23 Å². The van der Waals surface area contributed by atoms with Crippen LogP contribution in [0.3, 0.4) is 0 Å². The molecule has 3 atom stereocenters. The minimum absolute atomic E-state index is 0.255. The van der Waals surface area contributed by atoms with E-state index in [9.17, 15) is 5.11 Å². The minimum atomic E-state index is -0.255. The van der Waals surface area contributed by atoms with Gasteiger partial charge in [0.2, 0.25) is 0 Å².